The summed E-state index contributed by atoms with van der Waals surface area (Å²) in [6.45, 7) is 2.30. The van der Waals surface area contributed by atoms with Crippen molar-refractivity contribution in [2.24, 2.45) is 0 Å². The molecule has 3 rings (SSSR count). The lowest BCUT2D eigenvalue weighted by Crippen LogP contribution is -2.26. The lowest BCUT2D eigenvalue weighted by molar-refractivity contribution is 0.0768. The molecule has 0 aliphatic carbocycles. The molecule has 0 spiro atoms. The van der Waals surface area contributed by atoms with Gasteiger partial charge < -0.3 is 9.42 Å². The number of carbonyl (C=O) groups is 1. The van der Waals surface area contributed by atoms with Crippen molar-refractivity contribution < 1.29 is 9.32 Å². The number of nitrogens with zero attached hydrogens (tertiary/aromatic N) is 4. The summed E-state index contributed by atoms with van der Waals surface area (Å²) in [6, 6.07) is 9.57. The van der Waals surface area contributed by atoms with Crippen molar-refractivity contribution in [1.82, 2.24) is 25.2 Å². The van der Waals surface area contributed by atoms with Gasteiger partial charge in [0.2, 0.25) is 11.7 Å². The monoisotopic (exact) mass is 325 g/mol. The number of hydrogen-bond acceptors (Lipinski definition) is 5. The fourth-order valence-corrected chi connectivity index (χ4v) is 2.44. The van der Waals surface area contributed by atoms with Gasteiger partial charge in [0, 0.05) is 18.3 Å². The van der Waals surface area contributed by atoms with E-state index in [2.05, 4.69) is 27.3 Å². The van der Waals surface area contributed by atoms with Crippen molar-refractivity contribution in [3.63, 3.8) is 0 Å². The Labute approximate surface area is 139 Å². The maximum atomic E-state index is 12.6. The largest absolute Gasteiger partial charge is 0.337 e. The van der Waals surface area contributed by atoms with Gasteiger partial charge in [-0.15, -0.1) is 0 Å². The van der Waals surface area contributed by atoms with E-state index in [-0.39, 0.29) is 12.5 Å². The maximum absolute atomic E-state index is 12.6. The molecule has 0 atom stereocenters. The molecule has 7 heteroatoms. The highest BCUT2D eigenvalue weighted by molar-refractivity contribution is 5.94. The first-order chi connectivity index (χ1) is 11.7. The van der Waals surface area contributed by atoms with Gasteiger partial charge in [-0.2, -0.15) is 10.1 Å². The quantitative estimate of drug-likeness (QED) is 0.753. The van der Waals surface area contributed by atoms with Gasteiger partial charge >= 0.3 is 0 Å². The predicted molar refractivity (Wildman–Crippen MR) is 88.1 cm³/mol. The van der Waals surface area contributed by atoms with Crippen LogP contribution in [0.3, 0.4) is 0 Å². The standard InChI is InChI=1S/C17H19N5O2/c1-3-7-14-13(10-18-20-14)17(23)22(2)11-15-19-16(21-24-15)12-8-5-4-6-9-12/h4-6,8-10H,3,7,11H2,1-2H3,(H,18,20). The summed E-state index contributed by atoms with van der Waals surface area (Å²) in [5.41, 5.74) is 2.31. The van der Waals surface area contributed by atoms with Crippen LogP contribution in [0.4, 0.5) is 0 Å². The Balaban J connectivity index is 1.71. The molecule has 1 N–H and O–H groups in total. The molecule has 2 heterocycles. The topological polar surface area (TPSA) is 87.9 Å². The Bertz CT molecular complexity index is 809. The number of benzene rings is 1. The third kappa shape index (κ3) is 3.34. The van der Waals surface area contributed by atoms with Crippen molar-refractivity contribution >= 4 is 5.91 Å². The molecule has 7 nitrogen and oxygen atoms in total. The smallest absolute Gasteiger partial charge is 0.257 e. The highest BCUT2D eigenvalue weighted by Crippen LogP contribution is 2.16. The lowest BCUT2D eigenvalue weighted by Gasteiger charge is -2.14. The fraction of sp³-hybridized carbons (Fsp3) is 0.294. The van der Waals surface area contributed by atoms with Gasteiger partial charge in [0.25, 0.3) is 5.91 Å². The van der Waals surface area contributed by atoms with Crippen molar-refractivity contribution in [3.8, 4) is 11.4 Å². The van der Waals surface area contributed by atoms with Crippen LogP contribution >= 0.6 is 0 Å². The molecule has 0 fully saturated rings. The number of aryl methyl sites for hydroxylation is 1. The van der Waals surface area contributed by atoms with Crippen LogP contribution in [-0.4, -0.2) is 38.2 Å². The fourth-order valence-electron chi connectivity index (χ4n) is 2.44. The van der Waals surface area contributed by atoms with Crippen molar-refractivity contribution in [2.75, 3.05) is 7.05 Å². The number of aromatic nitrogens is 4. The summed E-state index contributed by atoms with van der Waals surface area (Å²) >= 11 is 0. The first-order valence-corrected chi connectivity index (χ1v) is 7.84. The van der Waals surface area contributed by atoms with Crippen LogP contribution in [0.2, 0.25) is 0 Å². The zero-order valence-electron chi connectivity index (χ0n) is 13.7. The Kier molecular flexibility index (Phi) is 4.69. The SMILES string of the molecule is CCCc1[nH]ncc1C(=O)N(C)Cc1nc(-c2ccccc2)no1. The summed E-state index contributed by atoms with van der Waals surface area (Å²) in [4.78, 5) is 18.5. The van der Waals surface area contributed by atoms with Gasteiger partial charge in [-0.05, 0) is 6.42 Å². The van der Waals surface area contributed by atoms with Crippen LogP contribution in [0, 0.1) is 0 Å². The van der Waals surface area contributed by atoms with E-state index in [1.54, 1.807) is 18.1 Å². The molecule has 124 valence electrons. The van der Waals surface area contributed by atoms with Crippen LogP contribution in [0.15, 0.2) is 41.1 Å². The molecule has 0 unspecified atom stereocenters. The predicted octanol–water partition coefficient (Wildman–Crippen LogP) is 2.68. The van der Waals surface area contributed by atoms with Gasteiger partial charge in [0.15, 0.2) is 0 Å². The molecule has 0 radical (unpaired) electrons. The highest BCUT2D eigenvalue weighted by atomic mass is 16.5. The molecule has 3 aromatic rings. The van der Waals surface area contributed by atoms with E-state index in [1.807, 2.05) is 30.3 Å². The van der Waals surface area contributed by atoms with Crippen LogP contribution < -0.4 is 0 Å². The van der Waals surface area contributed by atoms with E-state index in [0.717, 1.165) is 24.1 Å². The van der Waals surface area contributed by atoms with E-state index in [0.29, 0.717) is 17.3 Å². The van der Waals surface area contributed by atoms with Crippen molar-refractivity contribution in [2.45, 2.75) is 26.3 Å². The number of H-pyrrole nitrogens is 1. The van der Waals surface area contributed by atoms with Crippen molar-refractivity contribution in [3.05, 3.63) is 53.7 Å². The normalized spacial score (nSPS) is 10.8. The number of amides is 1. The second kappa shape index (κ2) is 7.08. The average Bonchev–Trinajstić information content (AvgIpc) is 3.25. The molecule has 0 saturated heterocycles. The minimum atomic E-state index is -0.119. The maximum Gasteiger partial charge on any atom is 0.257 e. The van der Waals surface area contributed by atoms with Gasteiger partial charge in [-0.1, -0.05) is 48.8 Å². The number of nitrogens with one attached hydrogen (secondary N) is 1. The molecule has 0 bridgehead atoms. The molecule has 0 saturated carbocycles. The minimum absolute atomic E-state index is 0.119. The van der Waals surface area contributed by atoms with E-state index in [9.17, 15) is 4.79 Å². The highest BCUT2D eigenvalue weighted by Gasteiger charge is 2.19. The molecule has 1 aromatic carbocycles. The summed E-state index contributed by atoms with van der Waals surface area (Å²) in [5, 5.41) is 10.8. The number of carbonyl (C=O) groups excluding carboxylic acids is 1. The average molecular weight is 325 g/mol. The zero-order chi connectivity index (χ0) is 16.9. The van der Waals surface area contributed by atoms with Crippen LogP contribution in [0.1, 0.15) is 35.3 Å². The zero-order valence-corrected chi connectivity index (χ0v) is 13.7. The molecule has 1 amide bonds. The summed E-state index contributed by atoms with van der Waals surface area (Å²) in [5.74, 6) is 0.790. The first kappa shape index (κ1) is 15.9. The summed E-state index contributed by atoms with van der Waals surface area (Å²) in [6.07, 6.45) is 3.29. The van der Waals surface area contributed by atoms with Gasteiger partial charge in [-0.25, -0.2) is 0 Å². The van der Waals surface area contributed by atoms with E-state index in [4.69, 9.17) is 4.52 Å². The second-order valence-electron chi connectivity index (χ2n) is 5.55. The Morgan fingerprint density at radius 3 is 2.83 bits per heavy atom. The Hall–Kier alpha value is -2.96. The Morgan fingerprint density at radius 1 is 1.29 bits per heavy atom. The van der Waals surface area contributed by atoms with Crippen LogP contribution in [0.5, 0.6) is 0 Å². The molecule has 2 aromatic heterocycles. The van der Waals surface area contributed by atoms with E-state index < -0.39 is 0 Å². The van der Waals surface area contributed by atoms with Gasteiger partial charge in [-0.3, -0.25) is 9.89 Å². The number of aromatic amines is 1. The van der Waals surface area contributed by atoms with Crippen LogP contribution in [-0.2, 0) is 13.0 Å². The third-order valence-electron chi connectivity index (χ3n) is 3.67. The number of hydrogen-bond donors (Lipinski definition) is 1. The number of rotatable bonds is 6. The second-order valence-corrected chi connectivity index (χ2v) is 5.55. The Morgan fingerprint density at radius 2 is 2.08 bits per heavy atom. The summed E-state index contributed by atoms with van der Waals surface area (Å²) < 4.78 is 5.26. The lowest BCUT2D eigenvalue weighted by atomic mass is 10.1. The van der Waals surface area contributed by atoms with Crippen molar-refractivity contribution in [1.29, 1.82) is 0 Å². The third-order valence-corrected chi connectivity index (χ3v) is 3.67. The summed E-state index contributed by atoms with van der Waals surface area (Å²) in [7, 11) is 1.71. The van der Waals surface area contributed by atoms with E-state index in [1.165, 1.54) is 0 Å². The van der Waals surface area contributed by atoms with Gasteiger partial charge in [0.05, 0.1) is 11.8 Å². The first-order valence-electron chi connectivity index (χ1n) is 7.84. The molecule has 0 aliphatic rings. The molecule has 0 aliphatic heterocycles. The molecule has 24 heavy (non-hydrogen) atoms. The van der Waals surface area contributed by atoms with Crippen LogP contribution in [0.25, 0.3) is 11.4 Å². The van der Waals surface area contributed by atoms with E-state index >= 15 is 0 Å². The molecular weight excluding hydrogens is 306 g/mol. The van der Waals surface area contributed by atoms with Gasteiger partial charge in [0.1, 0.15) is 6.54 Å². The minimum Gasteiger partial charge on any atom is -0.337 e. The molecular formula is C17H19N5O2.